The van der Waals surface area contributed by atoms with Crippen molar-refractivity contribution in [3.63, 3.8) is 0 Å². The summed E-state index contributed by atoms with van der Waals surface area (Å²) in [6.45, 7) is 0. The van der Waals surface area contributed by atoms with Crippen molar-refractivity contribution in [3.05, 3.63) is 39.7 Å². The number of hydrogen-bond acceptors (Lipinski definition) is 5. The normalized spacial score (nSPS) is 11.8. The fraction of sp³-hybridized carbons (Fsp3) is 0. The van der Waals surface area contributed by atoms with E-state index in [0.717, 1.165) is 10.2 Å². The van der Waals surface area contributed by atoms with Crippen molar-refractivity contribution in [2.24, 2.45) is 0 Å². The molecule has 0 fully saturated rings. The maximum atomic E-state index is 12.1. The molecule has 0 atom stereocenters. The van der Waals surface area contributed by atoms with Crippen LogP contribution in [0.15, 0.2) is 39.9 Å². The van der Waals surface area contributed by atoms with Gasteiger partial charge in [-0.25, -0.2) is 8.42 Å². The van der Waals surface area contributed by atoms with E-state index in [-0.39, 0.29) is 0 Å². The molecule has 0 saturated heterocycles. The fourth-order valence-corrected chi connectivity index (χ4v) is 4.83. The predicted octanol–water partition coefficient (Wildman–Crippen LogP) is 3.82. The van der Waals surface area contributed by atoms with Crippen LogP contribution in [0.4, 0.5) is 5.69 Å². The van der Waals surface area contributed by atoms with Gasteiger partial charge in [0, 0.05) is 0 Å². The van der Waals surface area contributed by atoms with E-state index in [2.05, 4.69) is 9.71 Å². The standard InChI is InChI=1S/C11H8N2O2S4/c14-19(15,10-2-1-5-17-10)13-7-3-4-8-9(6-7)18-11(16)12-8/h1-6,13H,(H,12,16). The SMILES string of the molecule is O=S(=O)(Nc1ccc2[nH]c(=S)sc2c1)c1cccs1. The summed E-state index contributed by atoms with van der Waals surface area (Å²) >= 11 is 7.66. The Morgan fingerprint density at radius 2 is 2.11 bits per heavy atom. The topological polar surface area (TPSA) is 62.0 Å². The molecule has 0 bridgehead atoms. The third-order valence-corrected chi connectivity index (χ3v) is 6.41. The first-order valence-electron chi connectivity index (χ1n) is 5.24. The van der Waals surface area contributed by atoms with Gasteiger partial charge in [0.15, 0.2) is 3.95 Å². The smallest absolute Gasteiger partial charge is 0.271 e. The van der Waals surface area contributed by atoms with Gasteiger partial charge in [-0.2, -0.15) is 0 Å². The molecule has 2 heterocycles. The lowest BCUT2D eigenvalue weighted by molar-refractivity contribution is 0.603. The number of nitrogens with one attached hydrogen (secondary N) is 2. The highest BCUT2D eigenvalue weighted by Crippen LogP contribution is 2.25. The zero-order chi connectivity index (χ0) is 13.5. The molecule has 19 heavy (non-hydrogen) atoms. The summed E-state index contributed by atoms with van der Waals surface area (Å²) in [7, 11) is -3.49. The summed E-state index contributed by atoms with van der Waals surface area (Å²) in [6, 6.07) is 8.59. The number of H-pyrrole nitrogens is 1. The Bertz CT molecular complexity index is 875. The molecule has 3 aromatic rings. The molecule has 0 unspecified atom stereocenters. The van der Waals surface area contributed by atoms with Crippen LogP contribution in [-0.2, 0) is 10.0 Å². The van der Waals surface area contributed by atoms with E-state index in [1.165, 1.54) is 22.7 Å². The first-order valence-corrected chi connectivity index (χ1v) is 8.82. The summed E-state index contributed by atoms with van der Waals surface area (Å²) in [5, 5.41) is 1.73. The molecule has 8 heteroatoms. The van der Waals surface area contributed by atoms with E-state index in [9.17, 15) is 8.42 Å². The molecule has 0 aliphatic heterocycles. The van der Waals surface area contributed by atoms with Crippen LogP contribution >= 0.6 is 34.9 Å². The number of fused-ring (bicyclic) bond motifs is 1. The Labute approximate surface area is 122 Å². The molecular formula is C11H8N2O2S4. The van der Waals surface area contributed by atoms with Gasteiger partial charge in [0.1, 0.15) is 4.21 Å². The molecule has 0 amide bonds. The molecule has 4 nitrogen and oxygen atoms in total. The minimum absolute atomic E-state index is 0.300. The lowest BCUT2D eigenvalue weighted by Crippen LogP contribution is -2.11. The van der Waals surface area contributed by atoms with E-state index >= 15 is 0 Å². The van der Waals surface area contributed by atoms with Crippen LogP contribution in [0.1, 0.15) is 0 Å². The van der Waals surface area contributed by atoms with Gasteiger partial charge >= 0.3 is 0 Å². The average Bonchev–Trinajstić information content (AvgIpc) is 2.95. The fourth-order valence-electron chi connectivity index (χ4n) is 1.63. The summed E-state index contributed by atoms with van der Waals surface area (Å²) in [5.74, 6) is 0. The number of sulfonamides is 1. The Balaban J connectivity index is 1.99. The van der Waals surface area contributed by atoms with Gasteiger partial charge in [0.25, 0.3) is 10.0 Å². The Morgan fingerprint density at radius 3 is 2.84 bits per heavy atom. The number of aromatic amines is 1. The van der Waals surface area contributed by atoms with E-state index in [1.54, 1.807) is 29.6 Å². The molecule has 0 radical (unpaired) electrons. The number of anilines is 1. The van der Waals surface area contributed by atoms with Gasteiger partial charge in [0.05, 0.1) is 15.9 Å². The number of hydrogen-bond donors (Lipinski definition) is 2. The third-order valence-electron chi connectivity index (χ3n) is 2.43. The van der Waals surface area contributed by atoms with Gasteiger partial charge in [-0.15, -0.1) is 22.7 Å². The van der Waals surface area contributed by atoms with E-state index < -0.39 is 10.0 Å². The maximum Gasteiger partial charge on any atom is 0.271 e. The number of benzene rings is 1. The zero-order valence-electron chi connectivity index (χ0n) is 9.41. The van der Waals surface area contributed by atoms with Crippen LogP contribution in [0.2, 0.25) is 0 Å². The van der Waals surface area contributed by atoms with Crippen LogP contribution in [0.5, 0.6) is 0 Å². The predicted molar refractivity (Wildman–Crippen MR) is 82.1 cm³/mol. The highest BCUT2D eigenvalue weighted by molar-refractivity contribution is 7.94. The van der Waals surface area contributed by atoms with Crippen molar-refractivity contribution in [3.8, 4) is 0 Å². The van der Waals surface area contributed by atoms with Crippen LogP contribution in [0.3, 0.4) is 0 Å². The highest BCUT2D eigenvalue weighted by atomic mass is 32.2. The molecule has 2 N–H and O–H groups in total. The van der Waals surface area contributed by atoms with Gasteiger partial charge in [-0.05, 0) is 41.9 Å². The zero-order valence-corrected chi connectivity index (χ0v) is 12.7. The monoisotopic (exact) mass is 328 g/mol. The van der Waals surface area contributed by atoms with Crippen LogP contribution in [0, 0.1) is 3.95 Å². The Hall–Kier alpha value is -1.22. The van der Waals surface area contributed by atoms with E-state index in [4.69, 9.17) is 12.2 Å². The largest absolute Gasteiger partial charge is 0.337 e. The van der Waals surface area contributed by atoms with Crippen molar-refractivity contribution in [1.82, 2.24) is 4.98 Å². The average molecular weight is 328 g/mol. The first kappa shape index (κ1) is 12.8. The van der Waals surface area contributed by atoms with Crippen molar-refractivity contribution < 1.29 is 8.42 Å². The van der Waals surface area contributed by atoms with Gasteiger partial charge < -0.3 is 4.98 Å². The molecule has 3 rings (SSSR count). The first-order chi connectivity index (χ1) is 9.04. The summed E-state index contributed by atoms with van der Waals surface area (Å²) in [5.41, 5.74) is 1.44. The van der Waals surface area contributed by atoms with Crippen LogP contribution in [0.25, 0.3) is 10.2 Å². The van der Waals surface area contributed by atoms with Crippen LogP contribution < -0.4 is 4.72 Å². The molecular weight excluding hydrogens is 320 g/mol. The lowest BCUT2D eigenvalue weighted by atomic mass is 10.3. The molecule has 0 saturated carbocycles. The Morgan fingerprint density at radius 1 is 1.26 bits per heavy atom. The molecule has 1 aromatic carbocycles. The van der Waals surface area contributed by atoms with Crippen molar-refractivity contribution in [1.29, 1.82) is 0 Å². The summed E-state index contributed by atoms with van der Waals surface area (Å²) in [4.78, 5) is 3.03. The van der Waals surface area contributed by atoms with E-state index in [1.807, 2.05) is 6.07 Å². The number of thiophene rings is 1. The second-order valence-electron chi connectivity index (χ2n) is 3.76. The maximum absolute atomic E-state index is 12.1. The summed E-state index contributed by atoms with van der Waals surface area (Å²) < 4.78 is 28.6. The molecule has 0 aliphatic rings. The van der Waals surface area contributed by atoms with Gasteiger partial charge in [-0.3, -0.25) is 4.72 Å². The van der Waals surface area contributed by atoms with Crippen molar-refractivity contribution >= 4 is 60.8 Å². The molecule has 98 valence electrons. The quantitative estimate of drug-likeness (QED) is 0.719. The van der Waals surface area contributed by atoms with Crippen molar-refractivity contribution in [2.45, 2.75) is 4.21 Å². The van der Waals surface area contributed by atoms with Crippen LogP contribution in [-0.4, -0.2) is 13.4 Å². The van der Waals surface area contributed by atoms with Gasteiger partial charge in [0.2, 0.25) is 0 Å². The minimum atomic E-state index is -3.49. The number of aromatic nitrogens is 1. The minimum Gasteiger partial charge on any atom is -0.337 e. The van der Waals surface area contributed by atoms with E-state index in [0.29, 0.717) is 13.9 Å². The molecule has 2 aromatic heterocycles. The highest BCUT2D eigenvalue weighted by Gasteiger charge is 2.15. The third kappa shape index (κ3) is 2.57. The second-order valence-corrected chi connectivity index (χ2v) is 8.34. The van der Waals surface area contributed by atoms with Crippen molar-refractivity contribution in [2.75, 3.05) is 4.72 Å². The lowest BCUT2D eigenvalue weighted by Gasteiger charge is -2.05. The number of rotatable bonds is 3. The number of thiazole rings is 1. The van der Waals surface area contributed by atoms with Gasteiger partial charge in [-0.1, -0.05) is 6.07 Å². The summed E-state index contributed by atoms with van der Waals surface area (Å²) in [6.07, 6.45) is 0. The Kier molecular flexibility index (Phi) is 3.17. The molecule has 0 aliphatic carbocycles. The molecule has 0 spiro atoms. The second kappa shape index (κ2) is 4.71.